The molecule has 0 saturated carbocycles. The van der Waals surface area contributed by atoms with Gasteiger partial charge in [0.2, 0.25) is 11.8 Å². The highest BCUT2D eigenvalue weighted by Crippen LogP contribution is 2.31. The van der Waals surface area contributed by atoms with Gasteiger partial charge in [0.05, 0.1) is 11.0 Å². The van der Waals surface area contributed by atoms with Crippen molar-refractivity contribution >= 4 is 67.1 Å². The molecule has 0 aliphatic carbocycles. The zero-order chi connectivity index (χ0) is 35.4. The first-order valence-corrected chi connectivity index (χ1v) is 17.0. The van der Waals surface area contributed by atoms with E-state index in [1.54, 1.807) is 48.5 Å². The summed E-state index contributed by atoms with van der Waals surface area (Å²) in [6.45, 7) is 0. The maximum atomic E-state index is 12.8. The Bertz CT molecular complexity index is 2100. The van der Waals surface area contributed by atoms with Crippen LogP contribution in [0.2, 0.25) is 0 Å². The Hall–Kier alpha value is -6.14. The minimum atomic E-state index is -1.40. The highest BCUT2D eigenvalue weighted by atomic mass is 33.1. The van der Waals surface area contributed by atoms with Crippen molar-refractivity contribution in [2.24, 2.45) is 0 Å². The van der Waals surface area contributed by atoms with Gasteiger partial charge in [-0.25, -0.2) is 29.5 Å². The van der Waals surface area contributed by atoms with Gasteiger partial charge in [-0.15, -0.1) is 0 Å². The molecule has 6 aromatic rings. The van der Waals surface area contributed by atoms with E-state index >= 15 is 0 Å². The first kappa shape index (κ1) is 33.7. The first-order chi connectivity index (χ1) is 24.1. The lowest BCUT2D eigenvalue weighted by Gasteiger charge is -2.15. The second-order valence-corrected chi connectivity index (χ2v) is 13.0. The third-order valence-electron chi connectivity index (χ3n) is 7.05. The van der Waals surface area contributed by atoms with Crippen LogP contribution in [0.3, 0.4) is 0 Å². The topological polar surface area (TPSA) is 251 Å². The van der Waals surface area contributed by atoms with Crippen molar-refractivity contribution < 1.29 is 48.4 Å². The van der Waals surface area contributed by atoms with E-state index in [2.05, 4.69) is 30.6 Å². The summed E-state index contributed by atoms with van der Waals surface area (Å²) in [7, 11) is 1.91. The van der Waals surface area contributed by atoms with Gasteiger partial charge in [0.15, 0.2) is 22.8 Å². The Morgan fingerprint density at radius 1 is 0.640 bits per heavy atom. The normalized spacial score (nSPS) is 12.4. The molecule has 0 aliphatic heterocycles. The summed E-state index contributed by atoms with van der Waals surface area (Å²) >= 11 is 0. The quantitative estimate of drug-likeness (QED) is 0.0731. The number of oxazole rings is 2. The van der Waals surface area contributed by atoms with Crippen LogP contribution >= 0.6 is 21.6 Å². The highest BCUT2D eigenvalue weighted by molar-refractivity contribution is 8.76. The van der Waals surface area contributed by atoms with Gasteiger partial charge in [-0.3, -0.25) is 9.59 Å². The summed E-state index contributed by atoms with van der Waals surface area (Å²) in [6, 6.07) is 14.2. The number of nitrogens with zero attached hydrogens (tertiary/aromatic N) is 4. The highest BCUT2D eigenvalue weighted by Gasteiger charge is 2.27. The Kier molecular flexibility index (Phi) is 9.82. The molecule has 6 rings (SSSR count). The van der Waals surface area contributed by atoms with Crippen LogP contribution < -0.4 is 10.6 Å². The van der Waals surface area contributed by atoms with E-state index < -0.39 is 35.8 Å². The number of hydrogen-bond donors (Lipinski definition) is 6. The van der Waals surface area contributed by atoms with E-state index in [4.69, 9.17) is 8.83 Å². The second-order valence-electron chi connectivity index (χ2n) is 10.5. The lowest BCUT2D eigenvalue weighted by molar-refractivity contribution is -0.139. The van der Waals surface area contributed by atoms with Crippen LogP contribution in [-0.4, -0.2) is 87.7 Å². The van der Waals surface area contributed by atoms with Gasteiger partial charge in [-0.1, -0.05) is 58.0 Å². The number of aromatic nitrogens is 4. The summed E-state index contributed by atoms with van der Waals surface area (Å²) in [4.78, 5) is 66.1. The number of carboxylic acid groups (broad SMARTS) is 2. The van der Waals surface area contributed by atoms with Crippen LogP contribution in [0.15, 0.2) is 82.0 Å². The number of pyridine rings is 2. The fraction of sp³-hybridized carbons (Fsp3) is 0.125. The van der Waals surface area contributed by atoms with Crippen LogP contribution in [0.25, 0.3) is 45.0 Å². The Morgan fingerprint density at radius 3 is 1.44 bits per heavy atom. The minimum Gasteiger partial charge on any atom is -0.505 e. The van der Waals surface area contributed by atoms with Crippen LogP contribution in [0, 0.1) is 0 Å². The third kappa shape index (κ3) is 7.45. The van der Waals surface area contributed by atoms with E-state index in [0.717, 1.165) is 34.1 Å². The largest absolute Gasteiger partial charge is 0.505 e. The molecule has 4 aromatic heterocycles. The molecule has 0 saturated heterocycles. The molecule has 2 aromatic carbocycles. The number of carbonyl (C=O) groups excluding carboxylic acids is 2. The predicted molar refractivity (Wildman–Crippen MR) is 181 cm³/mol. The van der Waals surface area contributed by atoms with E-state index in [1.807, 2.05) is 0 Å². The molecule has 2 atom stereocenters. The molecule has 18 heteroatoms. The molecule has 16 nitrogen and oxygen atoms in total. The van der Waals surface area contributed by atoms with E-state index in [-0.39, 0.29) is 57.6 Å². The van der Waals surface area contributed by atoms with Gasteiger partial charge < -0.3 is 39.9 Å². The molecule has 0 unspecified atom stereocenters. The monoisotopic (exact) mass is 716 g/mol. The van der Waals surface area contributed by atoms with Gasteiger partial charge in [0, 0.05) is 22.3 Å². The maximum absolute atomic E-state index is 12.8. The average molecular weight is 717 g/mol. The number of nitrogens with one attached hydrogen (secondary N) is 2. The molecule has 0 radical (unpaired) electrons. The molecule has 4 heterocycles. The number of benzene rings is 2. The average Bonchev–Trinajstić information content (AvgIpc) is 3.79. The van der Waals surface area contributed by atoms with Crippen molar-refractivity contribution in [1.29, 1.82) is 0 Å². The smallest absolute Gasteiger partial charge is 0.327 e. The van der Waals surface area contributed by atoms with Gasteiger partial charge in [-0.2, -0.15) is 0 Å². The number of carboxylic acids is 2. The third-order valence-corrected chi connectivity index (χ3v) is 9.47. The SMILES string of the molecule is O=C(N[C@@H](CSSC[C@H](NC(=O)c1coc(-c2nc3ccccc3cc2O)n1)C(=O)O)C(=O)O)c1coc(-c2nc3ccccc3cc2O)n1. The Labute approximate surface area is 288 Å². The second kappa shape index (κ2) is 14.5. The van der Waals surface area contributed by atoms with Gasteiger partial charge in [-0.05, 0) is 24.3 Å². The van der Waals surface area contributed by atoms with Crippen LogP contribution in [0.4, 0.5) is 0 Å². The number of aromatic hydroxyl groups is 2. The summed E-state index contributed by atoms with van der Waals surface area (Å²) < 4.78 is 10.7. The van der Waals surface area contributed by atoms with E-state index in [1.165, 1.54) is 12.1 Å². The Morgan fingerprint density at radius 2 is 1.04 bits per heavy atom. The number of fused-ring (bicyclic) bond motifs is 2. The lowest BCUT2D eigenvalue weighted by atomic mass is 10.2. The summed E-state index contributed by atoms with van der Waals surface area (Å²) in [5, 5.41) is 46.1. The predicted octanol–water partition coefficient (Wildman–Crippen LogP) is 3.95. The number of hydrogen-bond acceptors (Lipinski definition) is 14. The van der Waals surface area contributed by atoms with Crippen LogP contribution in [-0.2, 0) is 9.59 Å². The Balaban J connectivity index is 1.02. The van der Waals surface area contributed by atoms with Crippen molar-refractivity contribution in [2.75, 3.05) is 11.5 Å². The fourth-order valence-electron chi connectivity index (χ4n) is 4.54. The molecular weight excluding hydrogens is 693 g/mol. The lowest BCUT2D eigenvalue weighted by Crippen LogP contribution is -2.43. The number of carbonyl (C=O) groups is 4. The number of rotatable bonds is 13. The molecule has 50 heavy (non-hydrogen) atoms. The van der Waals surface area contributed by atoms with Crippen molar-refractivity contribution in [1.82, 2.24) is 30.6 Å². The van der Waals surface area contributed by atoms with Crippen molar-refractivity contribution in [3.05, 3.63) is 84.6 Å². The standard InChI is InChI=1S/C32H24N6O10S2/c39-23-9-15-5-1-3-7-17(15)33-25(23)29-37-19(11-47-29)27(41)35-21(31(43)44)13-49-50-14-22(32(45)46)36-28(42)20-12-48-30(38-20)26-24(40)10-16-6-2-4-8-18(16)34-26/h1-12,21-22,39-40H,13-14H2,(H,35,41)(H,36,42)(H,43,44)(H,45,46)/t21-,22-/m0/s1. The van der Waals surface area contributed by atoms with Gasteiger partial charge >= 0.3 is 11.9 Å². The van der Waals surface area contributed by atoms with Crippen molar-refractivity contribution in [3.8, 4) is 34.7 Å². The minimum absolute atomic E-state index is 0.00482. The number of aliphatic carboxylic acids is 2. The van der Waals surface area contributed by atoms with Crippen molar-refractivity contribution in [2.45, 2.75) is 12.1 Å². The fourth-order valence-corrected chi connectivity index (χ4v) is 6.85. The number of para-hydroxylation sites is 2. The molecule has 0 fully saturated rings. The molecular formula is C32H24N6O10S2. The molecule has 0 bridgehead atoms. The molecule has 2 amide bonds. The summed E-state index contributed by atoms with van der Waals surface area (Å²) in [6.07, 6.45) is 2.00. The maximum Gasteiger partial charge on any atom is 0.327 e. The number of amides is 2. The molecule has 0 spiro atoms. The van der Waals surface area contributed by atoms with Gasteiger partial charge in [0.1, 0.15) is 36.1 Å². The van der Waals surface area contributed by atoms with E-state index in [9.17, 15) is 39.6 Å². The van der Waals surface area contributed by atoms with E-state index in [0.29, 0.717) is 21.8 Å². The molecule has 0 aliphatic rings. The molecule has 6 N–H and O–H groups in total. The van der Waals surface area contributed by atoms with Crippen molar-refractivity contribution in [3.63, 3.8) is 0 Å². The first-order valence-electron chi connectivity index (χ1n) is 14.5. The zero-order valence-electron chi connectivity index (χ0n) is 25.3. The zero-order valence-corrected chi connectivity index (χ0v) is 27.0. The van der Waals surface area contributed by atoms with Crippen LogP contribution in [0.1, 0.15) is 21.0 Å². The van der Waals surface area contributed by atoms with Gasteiger partial charge in [0.25, 0.3) is 11.8 Å². The summed E-state index contributed by atoms with van der Waals surface area (Å²) in [5.74, 6) is -5.58. The summed E-state index contributed by atoms with van der Waals surface area (Å²) in [5.41, 5.74) is 0.587. The van der Waals surface area contributed by atoms with Crippen LogP contribution in [0.5, 0.6) is 11.5 Å². The molecule has 254 valence electrons.